The largest absolute Gasteiger partial charge is 0.461 e. The molecule has 0 spiro atoms. The number of carbonyl (C=O) groups is 2. The van der Waals surface area contributed by atoms with Crippen LogP contribution in [0.4, 0.5) is 5.00 Å². The molecular formula is C31H27N3O4S. The highest BCUT2D eigenvalue weighted by atomic mass is 32.1. The number of nitrogens with zero attached hydrogens (tertiary/aromatic N) is 2. The normalized spacial score (nSPS) is 11.1. The van der Waals surface area contributed by atoms with Gasteiger partial charge in [-0.1, -0.05) is 78.4 Å². The van der Waals surface area contributed by atoms with Gasteiger partial charge < -0.3 is 10.1 Å². The Labute approximate surface area is 229 Å². The third kappa shape index (κ3) is 5.51. The lowest BCUT2D eigenvalue weighted by atomic mass is 9.88. The van der Waals surface area contributed by atoms with E-state index < -0.39 is 11.5 Å². The lowest BCUT2D eigenvalue weighted by Crippen LogP contribution is -2.25. The van der Waals surface area contributed by atoms with Crippen molar-refractivity contribution in [1.29, 1.82) is 0 Å². The number of carbonyl (C=O) groups excluding carboxylic acids is 2. The second-order valence-corrected chi connectivity index (χ2v) is 9.98. The van der Waals surface area contributed by atoms with E-state index in [1.807, 2.05) is 79.7 Å². The average molecular weight is 538 g/mol. The molecule has 2 aromatic heterocycles. The zero-order chi connectivity index (χ0) is 27.4. The summed E-state index contributed by atoms with van der Waals surface area (Å²) in [4.78, 5) is 39.9. The maximum absolute atomic E-state index is 13.7. The Hall–Kier alpha value is -4.56. The molecule has 0 saturated carbocycles. The van der Waals surface area contributed by atoms with Gasteiger partial charge in [0.1, 0.15) is 5.00 Å². The van der Waals surface area contributed by atoms with E-state index in [9.17, 15) is 14.4 Å². The number of hydrogen-bond acceptors (Lipinski definition) is 6. The molecule has 0 radical (unpaired) electrons. The number of aromatic nitrogens is 2. The maximum Gasteiger partial charge on any atom is 0.359 e. The predicted octanol–water partition coefficient (Wildman–Crippen LogP) is 6.09. The van der Waals surface area contributed by atoms with Crippen molar-refractivity contribution in [3.63, 3.8) is 0 Å². The second kappa shape index (κ2) is 11.4. The van der Waals surface area contributed by atoms with E-state index in [0.717, 1.165) is 16.7 Å². The van der Waals surface area contributed by atoms with Crippen molar-refractivity contribution in [2.75, 3.05) is 11.9 Å². The Balaban J connectivity index is 1.54. The van der Waals surface area contributed by atoms with Gasteiger partial charge >= 0.3 is 5.97 Å². The Morgan fingerprint density at radius 3 is 2.15 bits per heavy atom. The smallest absolute Gasteiger partial charge is 0.359 e. The van der Waals surface area contributed by atoms with Crippen LogP contribution in [0, 0.1) is 6.92 Å². The minimum absolute atomic E-state index is 0.0234. The molecule has 5 aromatic rings. The first-order valence-corrected chi connectivity index (χ1v) is 13.5. The molecule has 0 atom stereocenters. The number of fused-ring (bicyclic) bond motifs is 1. The molecule has 0 bridgehead atoms. The summed E-state index contributed by atoms with van der Waals surface area (Å²) >= 11 is 1.19. The molecule has 7 nitrogen and oxygen atoms in total. The van der Waals surface area contributed by atoms with Crippen molar-refractivity contribution in [3.8, 4) is 5.69 Å². The number of hydrogen-bond donors (Lipinski definition) is 1. The van der Waals surface area contributed by atoms with Crippen LogP contribution in [0.25, 0.3) is 16.5 Å². The number of benzene rings is 3. The summed E-state index contributed by atoms with van der Waals surface area (Å²) in [6, 6.07) is 27.0. The molecule has 2 heterocycles. The quantitative estimate of drug-likeness (QED) is 0.242. The summed E-state index contributed by atoms with van der Waals surface area (Å²) in [6.45, 7) is 3.82. The van der Waals surface area contributed by atoms with Crippen molar-refractivity contribution in [2.45, 2.75) is 26.2 Å². The minimum atomic E-state index is -0.632. The Morgan fingerprint density at radius 1 is 0.949 bits per heavy atom. The Kier molecular flexibility index (Phi) is 7.65. The number of thiophene rings is 1. The summed E-state index contributed by atoms with van der Waals surface area (Å²) in [6.07, 6.45) is 0.176. The van der Waals surface area contributed by atoms with Crippen LogP contribution in [0.15, 0.2) is 95.1 Å². The van der Waals surface area contributed by atoms with Crippen LogP contribution in [0.5, 0.6) is 0 Å². The van der Waals surface area contributed by atoms with Gasteiger partial charge in [0.2, 0.25) is 5.91 Å². The highest BCUT2D eigenvalue weighted by molar-refractivity contribution is 7.16. The predicted molar refractivity (Wildman–Crippen MR) is 154 cm³/mol. The zero-order valence-corrected chi connectivity index (χ0v) is 22.4. The molecule has 1 amide bonds. The van der Waals surface area contributed by atoms with E-state index in [1.165, 1.54) is 16.0 Å². The molecule has 5 rings (SSSR count). The number of esters is 1. The van der Waals surface area contributed by atoms with Crippen LogP contribution >= 0.6 is 11.3 Å². The standard InChI is InChI=1S/C31H27N3O4S/c1-3-38-31(37)28-25-19-39-29(27(25)30(36)34(33-28)23-16-14-20(2)15-17-23)32-26(35)18-24(21-10-6-4-7-11-21)22-12-8-5-9-13-22/h4-17,19,24H,3,18H2,1-2H3,(H,32,35). The number of aryl methyl sites for hydroxylation is 1. The minimum Gasteiger partial charge on any atom is -0.461 e. The Morgan fingerprint density at radius 2 is 1.56 bits per heavy atom. The van der Waals surface area contributed by atoms with E-state index >= 15 is 0 Å². The van der Waals surface area contributed by atoms with E-state index in [4.69, 9.17) is 4.74 Å². The van der Waals surface area contributed by atoms with E-state index in [-0.39, 0.29) is 35.9 Å². The van der Waals surface area contributed by atoms with Gasteiger partial charge in [-0.15, -0.1) is 11.3 Å². The molecule has 1 N–H and O–H groups in total. The topological polar surface area (TPSA) is 90.3 Å². The van der Waals surface area contributed by atoms with E-state index in [1.54, 1.807) is 24.4 Å². The van der Waals surface area contributed by atoms with Gasteiger partial charge in [0.05, 0.1) is 17.7 Å². The Bertz CT molecular complexity index is 1640. The zero-order valence-electron chi connectivity index (χ0n) is 21.6. The van der Waals surface area contributed by atoms with Crippen molar-refractivity contribution in [1.82, 2.24) is 9.78 Å². The molecule has 3 aromatic carbocycles. The SMILES string of the molecule is CCOC(=O)c1nn(-c2ccc(C)cc2)c(=O)c2c(NC(=O)CC(c3ccccc3)c3ccccc3)scc12. The van der Waals surface area contributed by atoms with Gasteiger partial charge in [-0.3, -0.25) is 9.59 Å². The molecule has 0 fully saturated rings. The van der Waals surface area contributed by atoms with Gasteiger partial charge in [0, 0.05) is 23.1 Å². The van der Waals surface area contributed by atoms with Gasteiger partial charge in [-0.2, -0.15) is 9.78 Å². The molecule has 0 unspecified atom stereocenters. The first-order chi connectivity index (χ1) is 19.0. The van der Waals surface area contributed by atoms with Gasteiger partial charge in [-0.05, 0) is 37.1 Å². The first kappa shape index (κ1) is 26.1. The fourth-order valence-corrected chi connectivity index (χ4v) is 5.47. The fourth-order valence-electron chi connectivity index (χ4n) is 4.51. The summed E-state index contributed by atoms with van der Waals surface area (Å²) < 4.78 is 6.41. The lowest BCUT2D eigenvalue weighted by molar-refractivity contribution is -0.116. The number of rotatable bonds is 8. The van der Waals surface area contributed by atoms with Crippen LogP contribution in [0.1, 0.15) is 46.4 Å². The van der Waals surface area contributed by atoms with Crippen molar-refractivity contribution in [3.05, 3.63) is 123 Å². The number of anilines is 1. The molecule has 39 heavy (non-hydrogen) atoms. The maximum atomic E-state index is 13.7. The number of ether oxygens (including phenoxy) is 1. The highest BCUT2D eigenvalue weighted by Gasteiger charge is 2.24. The van der Waals surface area contributed by atoms with Crippen LogP contribution in [-0.4, -0.2) is 28.3 Å². The molecule has 0 aliphatic carbocycles. The van der Waals surface area contributed by atoms with Gasteiger partial charge in [0.15, 0.2) is 5.69 Å². The molecular weight excluding hydrogens is 510 g/mol. The summed E-state index contributed by atoms with van der Waals surface area (Å²) in [7, 11) is 0. The third-order valence-electron chi connectivity index (χ3n) is 6.45. The fraction of sp³-hybridized carbons (Fsp3) is 0.161. The summed E-state index contributed by atoms with van der Waals surface area (Å²) in [5, 5.41) is 9.92. The number of nitrogens with one attached hydrogen (secondary N) is 1. The second-order valence-electron chi connectivity index (χ2n) is 9.10. The molecule has 196 valence electrons. The highest BCUT2D eigenvalue weighted by Crippen LogP contribution is 2.33. The van der Waals surface area contributed by atoms with E-state index in [2.05, 4.69) is 10.4 Å². The molecule has 0 aliphatic heterocycles. The molecule has 0 saturated heterocycles. The van der Waals surface area contributed by atoms with Crippen LogP contribution in [0.3, 0.4) is 0 Å². The number of amides is 1. The van der Waals surface area contributed by atoms with Gasteiger partial charge in [-0.25, -0.2) is 4.79 Å². The lowest BCUT2D eigenvalue weighted by Gasteiger charge is -2.17. The van der Waals surface area contributed by atoms with E-state index in [0.29, 0.717) is 16.1 Å². The van der Waals surface area contributed by atoms with Crippen molar-refractivity contribution in [2.24, 2.45) is 0 Å². The summed E-state index contributed by atoms with van der Waals surface area (Å²) in [5.74, 6) is -1.04. The molecule has 8 heteroatoms. The van der Waals surface area contributed by atoms with Crippen LogP contribution < -0.4 is 10.9 Å². The third-order valence-corrected chi connectivity index (χ3v) is 7.34. The van der Waals surface area contributed by atoms with Crippen molar-refractivity contribution >= 4 is 39.0 Å². The van der Waals surface area contributed by atoms with Crippen LogP contribution in [-0.2, 0) is 9.53 Å². The summed E-state index contributed by atoms with van der Waals surface area (Å²) in [5.41, 5.74) is 3.16. The van der Waals surface area contributed by atoms with Crippen molar-refractivity contribution < 1.29 is 14.3 Å². The molecule has 0 aliphatic rings. The first-order valence-electron chi connectivity index (χ1n) is 12.6. The van der Waals surface area contributed by atoms with Gasteiger partial charge in [0.25, 0.3) is 5.56 Å². The average Bonchev–Trinajstić information content (AvgIpc) is 3.37. The monoisotopic (exact) mass is 537 g/mol. The van der Waals surface area contributed by atoms with Crippen LogP contribution in [0.2, 0.25) is 0 Å².